The molecule has 0 amide bonds. The summed E-state index contributed by atoms with van der Waals surface area (Å²) in [6, 6.07) is 79.2. The lowest BCUT2D eigenvalue weighted by Gasteiger charge is -2.20. The van der Waals surface area contributed by atoms with Crippen LogP contribution in [0.3, 0.4) is 0 Å². The fourth-order valence-electron chi connectivity index (χ4n) is 13.6. The molecule has 12 heteroatoms. The van der Waals surface area contributed by atoms with Crippen molar-refractivity contribution in [3.8, 4) is 5.75 Å². The molecule has 0 bridgehead atoms. The van der Waals surface area contributed by atoms with Crippen LogP contribution in [-0.2, 0) is 0 Å². The maximum Gasteiger partial charge on any atom is 0.142 e. The molecule has 0 radical (unpaired) electrons. The van der Waals surface area contributed by atoms with Crippen LogP contribution in [0.5, 0.6) is 5.75 Å². The van der Waals surface area contributed by atoms with Gasteiger partial charge in [0.1, 0.15) is 12.4 Å². The summed E-state index contributed by atoms with van der Waals surface area (Å²) in [7, 11) is 0. The standard InChI is InChI=1S/6C12H13N.2C11H12N2.C11H15NO.9C2H6/c1-9(2)10-5-3-7-12-11(10)6-4-8-13-12;1-9(2)11-7-3-5-10-6-4-8-13-12(10)11;1-9(2)10-5-6-12-11(8-10)4-3-7-13-12;1-9(2)11-7-10-5-3-4-6-12(10)13-8-11;1-9(2)12-8-13-7-10-5-3-4-6-11(10)12;1-9(2)10-7-8-13-12-6-4-3-5-11(10)12;1-8(2)9-3-4-10-11(7-9)13-6-5-12-10;1-8(2)9-5-7-12-10-4-3-6-13-11(9)10;1-8(2)9-3-4-10-11(7-9)13-6-5-12-10;9*1-2/h6*3-9H,1-2H3;2*3-8H,1-2H3;3-4,7-8,12H,5-6H2,1-2H3;9*1-2H3. The zero-order valence-corrected chi connectivity index (χ0v) is 89.8. The van der Waals surface area contributed by atoms with Crippen LogP contribution in [-0.4, -0.2) is 63.0 Å². The number of nitrogens with zero attached hydrogens (tertiary/aromatic N) is 10. The highest BCUT2D eigenvalue weighted by atomic mass is 16.5. The Morgan fingerprint density at radius 3 is 1.16 bits per heavy atom. The quantitative estimate of drug-likeness (QED) is 0.146. The van der Waals surface area contributed by atoms with E-state index in [0.29, 0.717) is 53.3 Å². The molecule has 8 aromatic carbocycles. The average Bonchev–Trinajstić information content (AvgIpc) is 0.818. The van der Waals surface area contributed by atoms with E-state index in [4.69, 9.17) is 4.74 Å². The lowest BCUT2D eigenvalue weighted by molar-refractivity contribution is 0.323. The number of ether oxygens (including phenoxy) is 1. The topological polar surface area (TPSA) is 150 Å². The van der Waals surface area contributed by atoms with Gasteiger partial charge in [-0.1, -0.05) is 377 Å². The van der Waals surface area contributed by atoms with Crippen molar-refractivity contribution in [3.63, 3.8) is 0 Å². The first-order valence-corrected chi connectivity index (χ1v) is 50.5. The van der Waals surface area contributed by atoms with Gasteiger partial charge in [0.05, 0.1) is 55.3 Å². The zero-order chi connectivity index (χ0) is 101. The molecule has 0 spiro atoms. The third-order valence-corrected chi connectivity index (χ3v) is 20.4. The van der Waals surface area contributed by atoms with Crippen LogP contribution in [0.4, 0.5) is 5.69 Å². The molecule has 1 N–H and O–H groups in total. The number of benzene rings is 8. The smallest absolute Gasteiger partial charge is 0.142 e. The molecule has 0 unspecified atom stereocenters. The van der Waals surface area contributed by atoms with Crippen LogP contribution in [0.1, 0.15) is 353 Å². The van der Waals surface area contributed by atoms with Crippen molar-refractivity contribution in [1.29, 1.82) is 0 Å². The number of anilines is 1. The Hall–Kier alpha value is -12.3. The first-order chi connectivity index (χ1) is 65.5. The molecule has 724 valence electrons. The van der Waals surface area contributed by atoms with E-state index in [0.717, 1.165) is 74.2 Å². The summed E-state index contributed by atoms with van der Waals surface area (Å²) in [6.45, 7) is 77.2. The van der Waals surface area contributed by atoms with E-state index < -0.39 is 0 Å². The zero-order valence-electron chi connectivity index (χ0n) is 89.8. The minimum atomic E-state index is 0.500. The SMILES string of the molecule is CC.CC.CC.CC.CC.CC.CC.CC.CC.CC(C)c1ccc2c(c1)OCCN2.CC(C)c1ccc2ncccc2c1.CC(C)c1ccc2nccnc2c1.CC(C)c1cccc2cccnc12.CC(C)c1cccc2ncccc12.CC(C)c1ccnc2ccccc12.CC(C)c1ccnc2cccnc12.CC(C)c1cnc2ccccc2c1.CC(C)c1cncc2ccccc12. The van der Waals surface area contributed by atoms with Crippen LogP contribution in [0.2, 0.25) is 0 Å². The molecule has 1 aliphatic rings. The van der Waals surface area contributed by atoms with Crippen molar-refractivity contribution in [1.82, 2.24) is 49.8 Å². The fraction of sp³-hybridized carbons (Fsp3) is 0.382. The molecule has 9 aromatic heterocycles. The fourth-order valence-corrected chi connectivity index (χ4v) is 13.6. The largest absolute Gasteiger partial charge is 0.490 e. The predicted octanol–water partition coefficient (Wildman–Crippen LogP) is 37.5. The van der Waals surface area contributed by atoms with E-state index in [-0.39, 0.29) is 0 Å². The second-order valence-electron chi connectivity index (χ2n) is 32.1. The van der Waals surface area contributed by atoms with Crippen LogP contribution in [0.15, 0.2) is 299 Å². The summed E-state index contributed by atoms with van der Waals surface area (Å²) in [5.41, 5.74) is 22.6. The Balaban J connectivity index is 0.000000743. The predicted molar refractivity (Wildman–Crippen MR) is 599 cm³/mol. The first kappa shape index (κ1) is 121. The van der Waals surface area contributed by atoms with E-state index in [1.165, 1.54) is 87.8 Å². The number of aromatic nitrogens is 10. The van der Waals surface area contributed by atoms with Crippen LogP contribution in [0, 0.1) is 0 Å². The van der Waals surface area contributed by atoms with Gasteiger partial charge in [0.15, 0.2) is 0 Å². The van der Waals surface area contributed by atoms with Gasteiger partial charge < -0.3 is 10.1 Å². The van der Waals surface area contributed by atoms with Crippen LogP contribution < -0.4 is 10.1 Å². The molecule has 10 heterocycles. The van der Waals surface area contributed by atoms with Gasteiger partial charge >= 0.3 is 0 Å². The summed E-state index contributed by atoms with van der Waals surface area (Å²) in [4.78, 5) is 43.1. The third kappa shape index (κ3) is 40.0. The molecular formula is C123H171N11O. The van der Waals surface area contributed by atoms with Crippen molar-refractivity contribution in [2.75, 3.05) is 18.5 Å². The molecule has 0 aliphatic carbocycles. The Labute approximate surface area is 817 Å². The Kier molecular flexibility index (Phi) is 63.0. The lowest BCUT2D eigenvalue weighted by atomic mass is 9.98. The molecule has 135 heavy (non-hydrogen) atoms. The molecular weight excluding hydrogens is 1650 g/mol. The molecule has 0 saturated heterocycles. The normalized spacial score (nSPS) is 10.3. The maximum absolute atomic E-state index is 5.55. The summed E-state index contributed by atoms with van der Waals surface area (Å²) in [5, 5.41) is 12.1. The number of para-hydroxylation sites is 3. The molecule has 12 nitrogen and oxygen atoms in total. The van der Waals surface area contributed by atoms with Crippen LogP contribution >= 0.6 is 0 Å². The number of nitrogens with one attached hydrogen (secondary N) is 1. The second kappa shape index (κ2) is 70.4. The Morgan fingerprint density at radius 2 is 0.585 bits per heavy atom. The van der Waals surface area contributed by atoms with Gasteiger partial charge in [-0.15, -0.1) is 0 Å². The van der Waals surface area contributed by atoms with Crippen molar-refractivity contribution in [3.05, 3.63) is 349 Å². The van der Waals surface area contributed by atoms with Gasteiger partial charge in [0, 0.05) is 107 Å². The first-order valence-electron chi connectivity index (χ1n) is 50.5. The van der Waals surface area contributed by atoms with Crippen molar-refractivity contribution in [2.45, 2.75) is 303 Å². The lowest BCUT2D eigenvalue weighted by Crippen LogP contribution is -2.18. The third-order valence-electron chi connectivity index (χ3n) is 20.4. The highest BCUT2D eigenvalue weighted by molar-refractivity contribution is 5.87. The Bertz CT molecular complexity index is 5240. The number of fused-ring (bicyclic) bond motifs is 9. The van der Waals surface area contributed by atoms with Gasteiger partial charge in [-0.25, -0.2) is 0 Å². The molecule has 18 rings (SSSR count). The van der Waals surface area contributed by atoms with Crippen molar-refractivity contribution >= 4 is 93.0 Å². The summed E-state index contributed by atoms with van der Waals surface area (Å²) in [6.07, 6.45) is 20.4. The number of hydrogen-bond acceptors (Lipinski definition) is 12. The van der Waals surface area contributed by atoms with Gasteiger partial charge in [-0.2, -0.15) is 0 Å². The Morgan fingerprint density at radius 1 is 0.222 bits per heavy atom. The molecule has 0 saturated carbocycles. The van der Waals surface area contributed by atoms with E-state index in [1.807, 2.05) is 253 Å². The highest BCUT2D eigenvalue weighted by Crippen LogP contribution is 2.33. The summed E-state index contributed by atoms with van der Waals surface area (Å²) in [5.74, 6) is 5.96. The summed E-state index contributed by atoms with van der Waals surface area (Å²) < 4.78 is 5.55. The van der Waals surface area contributed by atoms with E-state index in [9.17, 15) is 0 Å². The number of rotatable bonds is 9. The van der Waals surface area contributed by atoms with Crippen LogP contribution in [0.25, 0.3) is 87.4 Å². The van der Waals surface area contributed by atoms with Crippen molar-refractivity contribution in [2.24, 2.45) is 0 Å². The van der Waals surface area contributed by atoms with Gasteiger partial charge in [0.25, 0.3) is 0 Å². The molecule has 1 aliphatic heterocycles. The minimum Gasteiger partial charge on any atom is -0.490 e. The number of hydrogen-bond donors (Lipinski definition) is 1. The van der Waals surface area contributed by atoms with E-state index >= 15 is 0 Å². The van der Waals surface area contributed by atoms with Gasteiger partial charge in [-0.3, -0.25) is 49.8 Å². The highest BCUT2D eigenvalue weighted by Gasteiger charge is 2.13. The molecule has 0 atom stereocenters. The molecule has 17 aromatic rings. The van der Waals surface area contributed by atoms with E-state index in [1.54, 1.807) is 12.4 Å². The van der Waals surface area contributed by atoms with Gasteiger partial charge in [0.2, 0.25) is 0 Å². The monoisotopic (exact) mass is 1820 g/mol. The van der Waals surface area contributed by atoms with Crippen molar-refractivity contribution < 1.29 is 4.74 Å². The number of pyridine rings is 8. The maximum atomic E-state index is 5.55. The van der Waals surface area contributed by atoms with Gasteiger partial charge in [-0.05, 0) is 212 Å². The minimum absolute atomic E-state index is 0.500. The molecule has 0 fully saturated rings. The van der Waals surface area contributed by atoms with E-state index in [2.05, 4.69) is 338 Å². The second-order valence-corrected chi connectivity index (χ2v) is 32.1. The average molecular weight is 1820 g/mol. The summed E-state index contributed by atoms with van der Waals surface area (Å²) >= 11 is 0.